The molecular formula is C8H13Cl2Ti-. The van der Waals surface area contributed by atoms with Crippen molar-refractivity contribution in [1.29, 1.82) is 0 Å². The van der Waals surface area contributed by atoms with Crippen molar-refractivity contribution in [2.24, 2.45) is 0 Å². The van der Waals surface area contributed by atoms with Crippen molar-refractivity contribution in [2.45, 2.75) is 26.7 Å². The number of allylic oxidation sites excluding steroid dienone is 4. The van der Waals surface area contributed by atoms with Crippen LogP contribution in [0.3, 0.4) is 0 Å². The van der Waals surface area contributed by atoms with Crippen LogP contribution in [-0.2, 0) is 21.7 Å². The summed E-state index contributed by atoms with van der Waals surface area (Å²) in [6.07, 6.45) is 7.69. The second kappa shape index (κ2) is 8.87. The SMILES string of the molecule is CCC1=CC[C-]=C1C.Cl.Cl.[Ti]. The number of rotatable bonds is 1. The van der Waals surface area contributed by atoms with Gasteiger partial charge in [0, 0.05) is 21.7 Å². The maximum Gasteiger partial charge on any atom is 0 e. The van der Waals surface area contributed by atoms with E-state index >= 15 is 0 Å². The molecule has 0 aromatic rings. The maximum absolute atomic E-state index is 3.24. The molecule has 0 atom stereocenters. The Morgan fingerprint density at radius 2 is 2.00 bits per heavy atom. The minimum atomic E-state index is 0. The van der Waals surface area contributed by atoms with Crippen molar-refractivity contribution >= 4 is 24.8 Å². The standard InChI is InChI=1S/C8H11.2ClH.Ti/c1-3-8-6-4-5-7(8)2;;;/h6H,3-4H2,1-2H3;2*1H;/q-1;;;. The third-order valence-corrected chi connectivity index (χ3v) is 1.58. The molecule has 0 spiro atoms. The Balaban J connectivity index is -0.000000213. The van der Waals surface area contributed by atoms with Crippen molar-refractivity contribution < 1.29 is 21.7 Å². The summed E-state index contributed by atoms with van der Waals surface area (Å²) in [5.74, 6) is 0. The Hall–Kier alpha value is 0.774. The molecule has 0 fully saturated rings. The van der Waals surface area contributed by atoms with Gasteiger partial charge in [-0.05, 0) is 0 Å². The quantitative estimate of drug-likeness (QED) is 0.477. The molecule has 1 rings (SSSR count). The summed E-state index contributed by atoms with van der Waals surface area (Å²) >= 11 is 0. The molecule has 1 aliphatic carbocycles. The van der Waals surface area contributed by atoms with Crippen molar-refractivity contribution in [3.8, 4) is 0 Å². The Morgan fingerprint density at radius 3 is 2.18 bits per heavy atom. The van der Waals surface area contributed by atoms with Gasteiger partial charge in [-0.25, -0.2) is 5.57 Å². The average molecular weight is 228 g/mol. The third-order valence-electron chi connectivity index (χ3n) is 1.58. The summed E-state index contributed by atoms with van der Waals surface area (Å²) in [7, 11) is 0. The van der Waals surface area contributed by atoms with Crippen LogP contribution in [0.5, 0.6) is 0 Å². The molecular weight excluding hydrogens is 215 g/mol. The summed E-state index contributed by atoms with van der Waals surface area (Å²) in [5, 5.41) is 0. The zero-order valence-electron chi connectivity index (χ0n) is 6.81. The normalized spacial score (nSPS) is 13.3. The van der Waals surface area contributed by atoms with Crippen molar-refractivity contribution in [1.82, 2.24) is 0 Å². The van der Waals surface area contributed by atoms with E-state index in [4.69, 9.17) is 0 Å². The fraction of sp³-hybridized carbons (Fsp3) is 0.500. The van der Waals surface area contributed by atoms with Crippen LogP contribution >= 0.6 is 24.8 Å². The molecule has 0 radical (unpaired) electrons. The van der Waals surface area contributed by atoms with Crippen LogP contribution in [0.4, 0.5) is 0 Å². The van der Waals surface area contributed by atoms with Gasteiger partial charge in [-0.2, -0.15) is 11.6 Å². The first kappa shape index (κ1) is 17.8. The van der Waals surface area contributed by atoms with E-state index in [1.165, 1.54) is 17.6 Å². The molecule has 0 aliphatic heterocycles. The van der Waals surface area contributed by atoms with Gasteiger partial charge in [0.25, 0.3) is 0 Å². The molecule has 0 aromatic heterocycles. The first-order valence-corrected chi connectivity index (χ1v) is 3.11. The maximum atomic E-state index is 3.24. The molecule has 0 saturated carbocycles. The van der Waals surface area contributed by atoms with Gasteiger partial charge in [0.05, 0.1) is 0 Å². The van der Waals surface area contributed by atoms with E-state index in [-0.39, 0.29) is 46.5 Å². The van der Waals surface area contributed by atoms with Crippen LogP contribution in [0.1, 0.15) is 26.7 Å². The monoisotopic (exact) mass is 227 g/mol. The van der Waals surface area contributed by atoms with Gasteiger partial charge in [0.15, 0.2) is 0 Å². The summed E-state index contributed by atoms with van der Waals surface area (Å²) in [4.78, 5) is 0. The van der Waals surface area contributed by atoms with Crippen LogP contribution in [0, 0.1) is 6.08 Å². The Labute approximate surface area is 96.2 Å². The Kier molecular flexibility index (Phi) is 14.3. The van der Waals surface area contributed by atoms with Gasteiger partial charge in [-0.3, -0.25) is 6.08 Å². The molecule has 0 aromatic carbocycles. The molecule has 0 bridgehead atoms. The minimum Gasteiger partial charge on any atom is -0.269 e. The summed E-state index contributed by atoms with van der Waals surface area (Å²) in [5.41, 5.74) is 2.83. The van der Waals surface area contributed by atoms with Gasteiger partial charge in [0.2, 0.25) is 0 Å². The smallest absolute Gasteiger partial charge is 0 e. The molecule has 0 nitrogen and oxygen atoms in total. The Morgan fingerprint density at radius 1 is 1.45 bits per heavy atom. The first-order valence-electron chi connectivity index (χ1n) is 3.11. The van der Waals surface area contributed by atoms with Gasteiger partial charge in [-0.1, -0.05) is 20.3 Å². The van der Waals surface area contributed by atoms with Crippen LogP contribution in [0.2, 0.25) is 0 Å². The van der Waals surface area contributed by atoms with Crippen LogP contribution in [-0.4, -0.2) is 0 Å². The van der Waals surface area contributed by atoms with Crippen molar-refractivity contribution in [3.05, 3.63) is 23.3 Å². The summed E-state index contributed by atoms with van der Waals surface area (Å²) < 4.78 is 0. The fourth-order valence-electron chi connectivity index (χ4n) is 1.00. The van der Waals surface area contributed by atoms with Crippen molar-refractivity contribution in [2.75, 3.05) is 0 Å². The molecule has 0 amide bonds. The summed E-state index contributed by atoms with van der Waals surface area (Å²) in [6, 6.07) is 0. The predicted octanol–water partition coefficient (Wildman–Crippen LogP) is 3.32. The van der Waals surface area contributed by atoms with E-state index in [2.05, 4.69) is 26.0 Å². The molecule has 1 aliphatic rings. The topological polar surface area (TPSA) is 0 Å². The first-order chi connectivity index (χ1) is 3.84. The van der Waals surface area contributed by atoms with Crippen LogP contribution < -0.4 is 0 Å². The average Bonchev–Trinajstić information content (AvgIpc) is 2.14. The van der Waals surface area contributed by atoms with E-state index in [0.29, 0.717) is 0 Å². The predicted molar refractivity (Wildman–Crippen MR) is 49.9 cm³/mol. The number of hydrogen-bond donors (Lipinski definition) is 0. The van der Waals surface area contributed by atoms with E-state index in [1.54, 1.807) is 0 Å². The Bertz CT molecular complexity index is 150. The number of halogens is 2. The fourth-order valence-corrected chi connectivity index (χ4v) is 1.00. The molecule has 0 saturated heterocycles. The second-order valence-corrected chi connectivity index (χ2v) is 2.09. The molecule has 0 N–H and O–H groups in total. The van der Waals surface area contributed by atoms with Crippen LogP contribution in [0.25, 0.3) is 0 Å². The minimum absolute atomic E-state index is 0. The summed E-state index contributed by atoms with van der Waals surface area (Å²) in [6.45, 7) is 4.31. The zero-order chi connectivity index (χ0) is 5.98. The van der Waals surface area contributed by atoms with E-state index in [0.717, 1.165) is 6.42 Å². The molecule has 11 heavy (non-hydrogen) atoms. The molecule has 3 heteroatoms. The molecule has 64 valence electrons. The number of hydrogen-bond acceptors (Lipinski definition) is 0. The van der Waals surface area contributed by atoms with Gasteiger partial charge in [-0.15, -0.1) is 31.2 Å². The van der Waals surface area contributed by atoms with Gasteiger partial charge >= 0.3 is 0 Å². The second-order valence-electron chi connectivity index (χ2n) is 2.09. The van der Waals surface area contributed by atoms with Crippen molar-refractivity contribution in [3.63, 3.8) is 0 Å². The molecule has 0 unspecified atom stereocenters. The van der Waals surface area contributed by atoms with E-state index < -0.39 is 0 Å². The van der Waals surface area contributed by atoms with E-state index in [1.807, 2.05) is 0 Å². The molecule has 0 heterocycles. The van der Waals surface area contributed by atoms with E-state index in [9.17, 15) is 0 Å². The van der Waals surface area contributed by atoms with Gasteiger partial charge in [0.1, 0.15) is 0 Å². The van der Waals surface area contributed by atoms with Gasteiger partial charge < -0.3 is 0 Å². The zero-order valence-corrected chi connectivity index (χ0v) is 10.0. The largest absolute Gasteiger partial charge is 0.269 e. The third kappa shape index (κ3) is 5.08. The van der Waals surface area contributed by atoms with Crippen LogP contribution in [0.15, 0.2) is 17.2 Å².